The van der Waals surface area contributed by atoms with Gasteiger partial charge in [0.1, 0.15) is 6.69 Å². The minimum Gasteiger partial charge on any atom is -0.127 e. The van der Waals surface area contributed by atoms with Gasteiger partial charge in [0.25, 0.3) is 0 Å². The van der Waals surface area contributed by atoms with Crippen LogP contribution >= 0.6 is 39.3 Å². The van der Waals surface area contributed by atoms with Gasteiger partial charge in [-0.2, -0.15) is 0 Å². The molecule has 0 spiro atoms. The Kier molecular flexibility index (Phi) is 5.96. The van der Waals surface area contributed by atoms with Crippen molar-refractivity contribution in [2.75, 3.05) is 0 Å². The molecule has 0 saturated carbocycles. The summed E-state index contributed by atoms with van der Waals surface area (Å²) in [5, 5.41) is 0. The molecule has 0 aliphatic heterocycles. The summed E-state index contributed by atoms with van der Waals surface area (Å²) in [5.74, 6) is 0. The Morgan fingerprint density at radius 3 is 1.17 bits per heavy atom. The van der Waals surface area contributed by atoms with Gasteiger partial charge in [-0.05, 0) is 0 Å². The number of halogens is 2. The summed E-state index contributed by atoms with van der Waals surface area (Å²) in [5.41, 5.74) is 0. The molecule has 0 amide bonds. The van der Waals surface area contributed by atoms with Crippen LogP contribution in [0.25, 0.3) is 0 Å². The van der Waals surface area contributed by atoms with Crippen LogP contribution < -0.4 is 0 Å². The standard InChI is InChI=1S/C3H9BrSi.HI/c1-5(2,3)4;/h1-3H3;1H. The molecule has 0 heterocycles. The summed E-state index contributed by atoms with van der Waals surface area (Å²) >= 11 is 3.51. The van der Waals surface area contributed by atoms with Crippen LogP contribution in [-0.4, -0.2) is 6.69 Å². The average Bonchev–Trinajstić information content (AvgIpc) is 0.722. The Morgan fingerprint density at radius 1 is 1.17 bits per heavy atom. The summed E-state index contributed by atoms with van der Waals surface area (Å²) in [4.78, 5) is 0. The van der Waals surface area contributed by atoms with Gasteiger partial charge in [0.15, 0.2) is 0 Å². The van der Waals surface area contributed by atoms with Crippen molar-refractivity contribution in [2.24, 2.45) is 0 Å². The van der Waals surface area contributed by atoms with Gasteiger partial charge in [0.05, 0.1) is 0 Å². The summed E-state index contributed by atoms with van der Waals surface area (Å²) in [6.45, 7) is 5.93. The van der Waals surface area contributed by atoms with Gasteiger partial charge in [-0.1, -0.05) is 19.6 Å². The van der Waals surface area contributed by atoms with E-state index in [4.69, 9.17) is 0 Å². The van der Waals surface area contributed by atoms with Crippen molar-refractivity contribution in [3.8, 4) is 0 Å². The van der Waals surface area contributed by atoms with Crippen molar-refractivity contribution in [2.45, 2.75) is 19.6 Å². The van der Waals surface area contributed by atoms with Crippen molar-refractivity contribution in [3.05, 3.63) is 0 Å². The molecule has 0 aromatic rings. The first-order valence-electron chi connectivity index (χ1n) is 1.69. The second-order valence-electron chi connectivity index (χ2n) is 2.07. The first-order valence-corrected chi connectivity index (χ1v) is 7.45. The van der Waals surface area contributed by atoms with Crippen LogP contribution in [0.2, 0.25) is 19.6 Å². The normalized spacial score (nSPS) is 10.0. The fraction of sp³-hybridized carbons (Fsp3) is 1.00. The smallest absolute Gasteiger partial charge is 0.121 e. The van der Waals surface area contributed by atoms with Crippen LogP contribution in [-0.2, 0) is 0 Å². The quantitative estimate of drug-likeness (QED) is 0.364. The zero-order valence-electron chi connectivity index (χ0n) is 4.29. The molecule has 0 unspecified atom stereocenters. The maximum Gasteiger partial charge on any atom is 0.121 e. The van der Waals surface area contributed by atoms with Crippen LogP contribution in [0, 0.1) is 0 Å². The van der Waals surface area contributed by atoms with E-state index in [2.05, 4.69) is 34.9 Å². The molecule has 6 heavy (non-hydrogen) atoms. The molecule has 0 aliphatic rings. The summed E-state index contributed by atoms with van der Waals surface area (Å²) in [7, 11) is 0. The van der Waals surface area contributed by atoms with Crippen LogP contribution in [0.15, 0.2) is 0 Å². The van der Waals surface area contributed by atoms with Crippen molar-refractivity contribution < 1.29 is 0 Å². The topological polar surface area (TPSA) is 0 Å². The van der Waals surface area contributed by atoms with Gasteiger partial charge in [-0.25, -0.2) is 0 Å². The minimum atomic E-state index is -0.799. The van der Waals surface area contributed by atoms with E-state index in [1.807, 2.05) is 0 Å². The Labute approximate surface area is 65.3 Å². The molecule has 0 atom stereocenters. The fourth-order valence-corrected chi connectivity index (χ4v) is 0. The molecule has 0 N–H and O–H groups in total. The van der Waals surface area contributed by atoms with Gasteiger partial charge in [-0.15, -0.1) is 39.3 Å². The van der Waals surface area contributed by atoms with E-state index in [0.29, 0.717) is 0 Å². The monoisotopic (exact) mass is 280 g/mol. The number of rotatable bonds is 0. The molecule has 0 aromatic heterocycles. The molecule has 40 valence electrons. The molecule has 0 fully saturated rings. The lowest BCUT2D eigenvalue weighted by atomic mass is 11.8. The predicted octanol–water partition coefficient (Wildman–Crippen LogP) is 2.83. The van der Waals surface area contributed by atoms with Crippen LogP contribution in [0.5, 0.6) is 0 Å². The predicted molar refractivity (Wildman–Crippen MR) is 47.7 cm³/mol. The van der Waals surface area contributed by atoms with E-state index < -0.39 is 6.69 Å². The lowest BCUT2D eigenvalue weighted by Crippen LogP contribution is -2.05. The Morgan fingerprint density at radius 2 is 1.17 bits per heavy atom. The van der Waals surface area contributed by atoms with Crippen LogP contribution in [0.1, 0.15) is 0 Å². The highest BCUT2D eigenvalue weighted by atomic mass is 127. The van der Waals surface area contributed by atoms with E-state index in [0.717, 1.165) is 0 Å². The van der Waals surface area contributed by atoms with E-state index in [1.165, 1.54) is 0 Å². The Balaban J connectivity index is 0. The third kappa shape index (κ3) is 52.2. The fourth-order valence-electron chi connectivity index (χ4n) is 0. The molecule has 0 aromatic carbocycles. The van der Waals surface area contributed by atoms with Crippen LogP contribution in [0.4, 0.5) is 0 Å². The molecular formula is C3H10BrISi. The summed E-state index contributed by atoms with van der Waals surface area (Å²) in [6, 6.07) is 0. The summed E-state index contributed by atoms with van der Waals surface area (Å²) < 4.78 is 0. The lowest BCUT2D eigenvalue weighted by Gasteiger charge is -1.98. The van der Waals surface area contributed by atoms with Gasteiger partial charge in [0, 0.05) is 0 Å². The highest BCUT2D eigenvalue weighted by Crippen LogP contribution is 2.07. The van der Waals surface area contributed by atoms with Crippen molar-refractivity contribution in [1.29, 1.82) is 0 Å². The average molecular weight is 281 g/mol. The second-order valence-corrected chi connectivity index (χ2v) is 13.3. The van der Waals surface area contributed by atoms with Crippen LogP contribution in [0.3, 0.4) is 0 Å². The third-order valence-electron chi connectivity index (χ3n) is 0. The second kappa shape index (κ2) is 3.43. The first kappa shape index (κ1) is 10.4. The molecule has 0 saturated heterocycles. The van der Waals surface area contributed by atoms with Crippen molar-refractivity contribution in [3.63, 3.8) is 0 Å². The van der Waals surface area contributed by atoms with E-state index >= 15 is 0 Å². The molecule has 0 nitrogen and oxygen atoms in total. The molecule has 0 aliphatic carbocycles. The zero-order chi connectivity index (χ0) is 4.50. The highest BCUT2D eigenvalue weighted by molar-refractivity contribution is 14.0. The maximum atomic E-state index is 3.51. The Hall–Kier alpha value is 1.43. The van der Waals surface area contributed by atoms with Gasteiger partial charge in [-0.3, -0.25) is 0 Å². The minimum absolute atomic E-state index is 0. The first-order chi connectivity index (χ1) is 2.00. The molecule has 3 heteroatoms. The molecule has 0 bridgehead atoms. The molecule has 0 radical (unpaired) electrons. The summed E-state index contributed by atoms with van der Waals surface area (Å²) in [6.07, 6.45) is 0. The van der Waals surface area contributed by atoms with Crippen molar-refractivity contribution in [1.82, 2.24) is 0 Å². The highest BCUT2D eigenvalue weighted by Gasteiger charge is 2.03. The van der Waals surface area contributed by atoms with E-state index in [9.17, 15) is 0 Å². The molecular weight excluding hydrogens is 271 g/mol. The number of hydrogen-bond acceptors (Lipinski definition) is 0. The van der Waals surface area contributed by atoms with Gasteiger partial charge >= 0.3 is 0 Å². The SMILES string of the molecule is C[Si](C)(C)Br.I. The van der Waals surface area contributed by atoms with Gasteiger partial charge < -0.3 is 0 Å². The number of hydrogen-bond donors (Lipinski definition) is 0. The maximum absolute atomic E-state index is 3.51. The molecule has 0 rings (SSSR count). The van der Waals surface area contributed by atoms with E-state index in [1.54, 1.807) is 0 Å². The third-order valence-corrected chi connectivity index (χ3v) is 0. The lowest BCUT2D eigenvalue weighted by molar-refractivity contribution is 1.89. The zero-order valence-corrected chi connectivity index (χ0v) is 9.20. The largest absolute Gasteiger partial charge is 0.127 e. The van der Waals surface area contributed by atoms with Crippen molar-refractivity contribution >= 4 is 46.0 Å². The Bertz CT molecular complexity index is 26.3. The van der Waals surface area contributed by atoms with E-state index in [-0.39, 0.29) is 24.0 Å². The van der Waals surface area contributed by atoms with Gasteiger partial charge in [0.2, 0.25) is 0 Å².